The van der Waals surface area contributed by atoms with Gasteiger partial charge in [-0.1, -0.05) is 18.2 Å². The van der Waals surface area contributed by atoms with Crippen LogP contribution >= 0.6 is 0 Å². The summed E-state index contributed by atoms with van der Waals surface area (Å²) in [4.78, 5) is 0. The van der Waals surface area contributed by atoms with Gasteiger partial charge in [0.25, 0.3) is 0 Å². The molecule has 1 aliphatic rings. The highest BCUT2D eigenvalue weighted by molar-refractivity contribution is 5.55. The summed E-state index contributed by atoms with van der Waals surface area (Å²) >= 11 is 0. The molecule has 76 valence electrons. The van der Waals surface area contributed by atoms with Crippen LogP contribution in [0.4, 0.5) is 18.9 Å². The Kier molecular flexibility index (Phi) is 2.13. The first-order chi connectivity index (χ1) is 6.59. The van der Waals surface area contributed by atoms with Crippen LogP contribution < -0.4 is 5.32 Å². The molecular formula is C10H10F3N. The molecule has 0 unspecified atom stereocenters. The standard InChI is InChI=1S/C10H10F3N/c11-10(12,13)8-5-6-14-9-4-2-1-3-7(8)9/h1-4,8,14H,5-6H2/t8-/m0/s1. The van der Waals surface area contributed by atoms with E-state index in [0.717, 1.165) is 0 Å². The lowest BCUT2D eigenvalue weighted by molar-refractivity contribution is -0.151. The van der Waals surface area contributed by atoms with Crippen LogP contribution in [0.2, 0.25) is 0 Å². The normalized spacial score (nSPS) is 21.2. The Bertz CT molecular complexity index is 332. The van der Waals surface area contributed by atoms with Crippen LogP contribution in [0.5, 0.6) is 0 Å². The van der Waals surface area contributed by atoms with Crippen molar-refractivity contribution < 1.29 is 13.2 Å². The lowest BCUT2D eigenvalue weighted by Gasteiger charge is -2.28. The maximum atomic E-state index is 12.6. The van der Waals surface area contributed by atoms with E-state index in [4.69, 9.17) is 0 Å². The Labute approximate surface area is 79.9 Å². The van der Waals surface area contributed by atoms with Crippen LogP contribution in [-0.2, 0) is 0 Å². The fourth-order valence-electron chi connectivity index (χ4n) is 1.81. The number of hydrogen-bond acceptors (Lipinski definition) is 1. The van der Waals surface area contributed by atoms with Gasteiger partial charge in [0.2, 0.25) is 0 Å². The van der Waals surface area contributed by atoms with Gasteiger partial charge in [-0.3, -0.25) is 0 Å². The molecule has 0 radical (unpaired) electrons. The molecule has 2 rings (SSSR count). The molecule has 0 saturated heterocycles. The number of alkyl halides is 3. The molecule has 1 atom stereocenters. The number of benzene rings is 1. The van der Waals surface area contributed by atoms with Crippen molar-refractivity contribution >= 4 is 5.69 Å². The minimum atomic E-state index is -4.13. The minimum absolute atomic E-state index is 0.126. The van der Waals surface area contributed by atoms with Crippen molar-refractivity contribution in [3.63, 3.8) is 0 Å². The zero-order chi connectivity index (χ0) is 10.2. The average molecular weight is 201 g/mol. The van der Waals surface area contributed by atoms with Crippen LogP contribution in [0, 0.1) is 0 Å². The highest BCUT2D eigenvalue weighted by Crippen LogP contribution is 2.42. The van der Waals surface area contributed by atoms with Gasteiger partial charge in [0.1, 0.15) is 0 Å². The molecular weight excluding hydrogens is 191 g/mol. The Hall–Kier alpha value is -1.19. The smallest absolute Gasteiger partial charge is 0.385 e. The van der Waals surface area contributed by atoms with Crippen LogP contribution in [0.3, 0.4) is 0 Å². The van der Waals surface area contributed by atoms with Gasteiger partial charge in [0.15, 0.2) is 0 Å². The van der Waals surface area contributed by atoms with Gasteiger partial charge in [0.05, 0.1) is 5.92 Å². The van der Waals surface area contributed by atoms with Gasteiger partial charge in [-0.15, -0.1) is 0 Å². The van der Waals surface area contributed by atoms with E-state index >= 15 is 0 Å². The van der Waals surface area contributed by atoms with Crippen molar-refractivity contribution in [1.29, 1.82) is 0 Å². The Balaban J connectivity index is 2.41. The van der Waals surface area contributed by atoms with Crippen molar-refractivity contribution in [2.75, 3.05) is 11.9 Å². The number of hydrogen-bond donors (Lipinski definition) is 1. The predicted molar refractivity (Wildman–Crippen MR) is 48.3 cm³/mol. The van der Waals surface area contributed by atoms with Crippen molar-refractivity contribution in [1.82, 2.24) is 0 Å². The summed E-state index contributed by atoms with van der Waals surface area (Å²) in [6, 6.07) is 6.61. The summed E-state index contributed by atoms with van der Waals surface area (Å²) in [5.74, 6) is -1.31. The Morgan fingerprint density at radius 1 is 1.21 bits per heavy atom. The van der Waals surface area contributed by atoms with Gasteiger partial charge in [-0.05, 0) is 18.1 Å². The van der Waals surface area contributed by atoms with E-state index in [2.05, 4.69) is 5.32 Å². The first-order valence-electron chi connectivity index (χ1n) is 4.48. The van der Waals surface area contributed by atoms with Crippen molar-refractivity contribution in [3.05, 3.63) is 29.8 Å². The average Bonchev–Trinajstić information content (AvgIpc) is 2.15. The Morgan fingerprint density at radius 2 is 1.93 bits per heavy atom. The summed E-state index contributed by atoms with van der Waals surface area (Å²) in [6.45, 7) is 0.390. The monoisotopic (exact) mass is 201 g/mol. The molecule has 1 aliphatic heterocycles. The van der Waals surface area contributed by atoms with Crippen LogP contribution in [-0.4, -0.2) is 12.7 Å². The molecule has 0 amide bonds. The summed E-state index contributed by atoms with van der Waals surface area (Å²) in [5, 5.41) is 2.96. The molecule has 0 saturated carbocycles. The maximum Gasteiger partial charge on any atom is 0.395 e. The van der Waals surface area contributed by atoms with Crippen molar-refractivity contribution in [2.45, 2.75) is 18.5 Å². The third-order valence-corrected chi connectivity index (χ3v) is 2.48. The van der Waals surface area contributed by atoms with Gasteiger partial charge >= 0.3 is 6.18 Å². The summed E-state index contributed by atoms with van der Waals surface area (Å²) in [7, 11) is 0. The fraction of sp³-hybridized carbons (Fsp3) is 0.400. The van der Waals surface area contributed by atoms with E-state index in [1.807, 2.05) is 0 Å². The molecule has 4 heteroatoms. The highest BCUT2D eigenvalue weighted by atomic mass is 19.4. The second kappa shape index (κ2) is 3.19. The Morgan fingerprint density at radius 3 is 2.64 bits per heavy atom. The van der Waals surface area contributed by atoms with E-state index in [1.165, 1.54) is 0 Å². The lowest BCUT2D eigenvalue weighted by Crippen LogP contribution is -2.27. The maximum absolute atomic E-state index is 12.6. The predicted octanol–water partition coefficient (Wildman–Crippen LogP) is 3.15. The van der Waals surface area contributed by atoms with Crippen LogP contribution in [0.15, 0.2) is 24.3 Å². The van der Waals surface area contributed by atoms with E-state index < -0.39 is 12.1 Å². The molecule has 1 aromatic rings. The molecule has 0 aliphatic carbocycles. The quantitative estimate of drug-likeness (QED) is 0.679. The number of anilines is 1. The highest BCUT2D eigenvalue weighted by Gasteiger charge is 2.42. The van der Waals surface area contributed by atoms with E-state index in [1.54, 1.807) is 24.3 Å². The fourth-order valence-corrected chi connectivity index (χ4v) is 1.81. The van der Waals surface area contributed by atoms with Gasteiger partial charge in [-0.2, -0.15) is 13.2 Å². The minimum Gasteiger partial charge on any atom is -0.385 e. The third kappa shape index (κ3) is 1.56. The number of fused-ring (bicyclic) bond motifs is 1. The van der Waals surface area contributed by atoms with Gasteiger partial charge < -0.3 is 5.32 Å². The van der Waals surface area contributed by atoms with E-state index in [0.29, 0.717) is 17.8 Å². The number of para-hydroxylation sites is 1. The summed E-state index contributed by atoms with van der Waals surface area (Å²) < 4.78 is 37.8. The molecule has 0 spiro atoms. The summed E-state index contributed by atoms with van der Waals surface area (Å²) in [6.07, 6.45) is -4.00. The molecule has 0 fully saturated rings. The molecule has 0 bridgehead atoms. The largest absolute Gasteiger partial charge is 0.395 e. The number of rotatable bonds is 0. The van der Waals surface area contributed by atoms with Gasteiger partial charge in [-0.25, -0.2) is 0 Å². The van der Waals surface area contributed by atoms with Crippen molar-refractivity contribution in [3.8, 4) is 0 Å². The van der Waals surface area contributed by atoms with Crippen LogP contribution in [0.1, 0.15) is 17.9 Å². The third-order valence-electron chi connectivity index (χ3n) is 2.48. The SMILES string of the molecule is FC(F)(F)[C@H]1CCNc2ccccc21. The molecule has 0 aromatic heterocycles. The molecule has 1 aromatic carbocycles. The molecule has 1 nitrogen and oxygen atoms in total. The first kappa shape index (κ1) is 9.37. The molecule has 1 N–H and O–H groups in total. The second-order valence-electron chi connectivity index (χ2n) is 3.40. The first-order valence-corrected chi connectivity index (χ1v) is 4.48. The van der Waals surface area contributed by atoms with Crippen molar-refractivity contribution in [2.24, 2.45) is 0 Å². The number of halogens is 3. The van der Waals surface area contributed by atoms with E-state index in [9.17, 15) is 13.2 Å². The van der Waals surface area contributed by atoms with Gasteiger partial charge in [0, 0.05) is 12.2 Å². The number of nitrogens with one attached hydrogen (secondary N) is 1. The topological polar surface area (TPSA) is 12.0 Å². The van der Waals surface area contributed by atoms with E-state index in [-0.39, 0.29) is 6.42 Å². The molecule has 1 heterocycles. The van der Waals surface area contributed by atoms with Crippen LogP contribution in [0.25, 0.3) is 0 Å². The zero-order valence-corrected chi connectivity index (χ0v) is 7.43. The molecule has 14 heavy (non-hydrogen) atoms. The summed E-state index contributed by atoms with van der Waals surface area (Å²) in [5.41, 5.74) is 0.979. The zero-order valence-electron chi connectivity index (χ0n) is 7.43. The second-order valence-corrected chi connectivity index (χ2v) is 3.40. The lowest BCUT2D eigenvalue weighted by atomic mass is 9.90.